The lowest BCUT2D eigenvalue weighted by Crippen LogP contribution is -2.36. The number of carbonyl (C=O) groups is 1. The first-order valence-electron chi connectivity index (χ1n) is 5.89. The van der Waals surface area contributed by atoms with Crippen LogP contribution in [0.3, 0.4) is 0 Å². The predicted octanol–water partition coefficient (Wildman–Crippen LogP) is 1.92. The molecule has 1 aromatic rings. The first kappa shape index (κ1) is 11.1. The van der Waals surface area contributed by atoms with E-state index < -0.39 is 0 Å². The van der Waals surface area contributed by atoms with E-state index in [-0.39, 0.29) is 18.1 Å². The van der Waals surface area contributed by atoms with E-state index in [4.69, 9.17) is 0 Å². The number of hydrogen-bond donors (Lipinski definition) is 1. The summed E-state index contributed by atoms with van der Waals surface area (Å²) in [6, 6.07) is 9.76. The molecule has 0 aromatic heterocycles. The summed E-state index contributed by atoms with van der Waals surface area (Å²) in [5.74, 6) is 0.195. The molecule has 1 aliphatic rings. The normalized spacial score (nSPS) is 25.1. The van der Waals surface area contributed by atoms with E-state index in [0.717, 1.165) is 18.5 Å². The fourth-order valence-corrected chi connectivity index (χ4v) is 2.27. The third-order valence-electron chi connectivity index (χ3n) is 3.13. The highest BCUT2D eigenvalue weighted by atomic mass is 16.2. The number of hydrogen-bond acceptors (Lipinski definition) is 2. The van der Waals surface area contributed by atoms with E-state index in [1.54, 1.807) is 0 Å². The molecule has 0 aliphatic carbocycles. The van der Waals surface area contributed by atoms with Crippen molar-refractivity contribution in [2.24, 2.45) is 0 Å². The molecule has 2 unspecified atom stereocenters. The van der Waals surface area contributed by atoms with Gasteiger partial charge in [-0.25, -0.2) is 0 Å². The van der Waals surface area contributed by atoms with Crippen LogP contribution >= 0.6 is 0 Å². The highest BCUT2D eigenvalue weighted by Crippen LogP contribution is 2.24. The van der Waals surface area contributed by atoms with Crippen LogP contribution in [0.2, 0.25) is 0 Å². The maximum absolute atomic E-state index is 12.2. The van der Waals surface area contributed by atoms with Gasteiger partial charge in [-0.3, -0.25) is 10.1 Å². The Morgan fingerprint density at radius 2 is 1.94 bits per heavy atom. The van der Waals surface area contributed by atoms with Gasteiger partial charge < -0.3 is 4.90 Å². The second-order valence-electron chi connectivity index (χ2n) is 4.06. The lowest BCUT2D eigenvalue weighted by Gasteiger charge is -2.20. The minimum absolute atomic E-state index is 0.161. The molecule has 1 aromatic carbocycles. The molecule has 2 rings (SSSR count). The predicted molar refractivity (Wildman–Crippen MR) is 63.8 cm³/mol. The van der Waals surface area contributed by atoms with Gasteiger partial charge in [0.1, 0.15) is 6.04 Å². The molecule has 0 saturated carbocycles. The van der Waals surface area contributed by atoms with E-state index in [0.29, 0.717) is 0 Å². The quantitative estimate of drug-likeness (QED) is 0.840. The molecule has 0 spiro atoms. The maximum atomic E-state index is 12.2. The van der Waals surface area contributed by atoms with Crippen molar-refractivity contribution in [3.05, 3.63) is 35.9 Å². The zero-order valence-corrected chi connectivity index (χ0v) is 9.81. The summed E-state index contributed by atoms with van der Waals surface area (Å²) in [5.41, 5.74) is 1.06. The van der Waals surface area contributed by atoms with Crippen molar-refractivity contribution in [3.8, 4) is 0 Å². The molecule has 16 heavy (non-hydrogen) atoms. The maximum Gasteiger partial charge on any atom is 0.245 e. The van der Waals surface area contributed by atoms with Crippen molar-refractivity contribution < 1.29 is 4.79 Å². The van der Waals surface area contributed by atoms with Crippen LogP contribution in [0.25, 0.3) is 0 Å². The smallest absolute Gasteiger partial charge is 0.245 e. The lowest BCUT2D eigenvalue weighted by atomic mass is 10.1. The van der Waals surface area contributed by atoms with Gasteiger partial charge in [0.2, 0.25) is 5.91 Å². The topological polar surface area (TPSA) is 32.3 Å². The van der Waals surface area contributed by atoms with Crippen molar-refractivity contribution in [3.63, 3.8) is 0 Å². The van der Waals surface area contributed by atoms with Crippen LogP contribution in [0.5, 0.6) is 0 Å². The average Bonchev–Trinajstić information content (AvgIpc) is 2.66. The minimum Gasteiger partial charge on any atom is -0.326 e. The van der Waals surface area contributed by atoms with Gasteiger partial charge in [0.05, 0.1) is 6.17 Å². The molecule has 1 saturated heterocycles. The van der Waals surface area contributed by atoms with Crippen LogP contribution in [0.1, 0.15) is 31.9 Å². The van der Waals surface area contributed by atoms with E-state index in [2.05, 4.69) is 12.2 Å². The van der Waals surface area contributed by atoms with Crippen molar-refractivity contribution >= 4 is 5.91 Å². The number of nitrogens with one attached hydrogen (secondary N) is 1. The van der Waals surface area contributed by atoms with Crippen molar-refractivity contribution in [1.82, 2.24) is 10.2 Å². The van der Waals surface area contributed by atoms with Gasteiger partial charge in [-0.15, -0.1) is 0 Å². The van der Waals surface area contributed by atoms with Crippen LogP contribution in [-0.2, 0) is 4.79 Å². The Kier molecular flexibility index (Phi) is 3.25. The summed E-state index contributed by atoms with van der Waals surface area (Å²) in [6.07, 6.45) is 1.13. The molecule has 0 bridgehead atoms. The first-order chi connectivity index (χ1) is 7.77. The van der Waals surface area contributed by atoms with E-state index >= 15 is 0 Å². The zero-order valence-electron chi connectivity index (χ0n) is 9.81. The fraction of sp³-hybridized carbons (Fsp3) is 0.462. The monoisotopic (exact) mass is 218 g/mol. The van der Waals surface area contributed by atoms with Gasteiger partial charge in [-0.05, 0) is 18.9 Å². The van der Waals surface area contributed by atoms with Crippen molar-refractivity contribution in [1.29, 1.82) is 0 Å². The van der Waals surface area contributed by atoms with E-state index in [1.807, 2.05) is 42.2 Å². The molecule has 1 heterocycles. The Morgan fingerprint density at radius 1 is 1.25 bits per heavy atom. The molecule has 86 valence electrons. The first-order valence-corrected chi connectivity index (χ1v) is 5.89. The van der Waals surface area contributed by atoms with Crippen molar-refractivity contribution in [2.75, 3.05) is 6.54 Å². The molecule has 1 amide bonds. The number of benzene rings is 1. The van der Waals surface area contributed by atoms with Gasteiger partial charge in [0.15, 0.2) is 0 Å². The summed E-state index contributed by atoms with van der Waals surface area (Å²) in [5, 5.41) is 3.38. The van der Waals surface area contributed by atoms with Gasteiger partial charge in [-0.2, -0.15) is 0 Å². The summed E-state index contributed by atoms with van der Waals surface area (Å²) in [7, 11) is 0. The van der Waals surface area contributed by atoms with Crippen LogP contribution in [0.15, 0.2) is 30.3 Å². The number of likely N-dealkylation sites (N-methyl/N-ethyl adjacent to an activating group) is 1. The van der Waals surface area contributed by atoms with Crippen LogP contribution in [-0.4, -0.2) is 23.5 Å². The molecule has 2 atom stereocenters. The van der Waals surface area contributed by atoms with Gasteiger partial charge in [-0.1, -0.05) is 37.3 Å². The second kappa shape index (κ2) is 4.66. The molecule has 1 fully saturated rings. The average molecular weight is 218 g/mol. The molecule has 3 heteroatoms. The number of carbonyl (C=O) groups excluding carboxylic acids is 1. The van der Waals surface area contributed by atoms with E-state index in [1.165, 1.54) is 0 Å². The standard InChI is InChI=1S/C13H18N2O/c1-3-11-14-12(13(16)15(11)4-2)10-8-6-5-7-9-10/h5-9,11-12,14H,3-4H2,1-2H3. The van der Waals surface area contributed by atoms with Crippen LogP contribution < -0.4 is 5.32 Å². The van der Waals surface area contributed by atoms with Gasteiger partial charge >= 0.3 is 0 Å². The zero-order chi connectivity index (χ0) is 11.5. The van der Waals surface area contributed by atoms with Crippen molar-refractivity contribution in [2.45, 2.75) is 32.5 Å². The Morgan fingerprint density at radius 3 is 2.44 bits per heavy atom. The lowest BCUT2D eigenvalue weighted by molar-refractivity contribution is -0.129. The van der Waals surface area contributed by atoms with Crippen LogP contribution in [0.4, 0.5) is 0 Å². The number of nitrogens with zero attached hydrogens (tertiary/aromatic N) is 1. The third kappa shape index (κ3) is 1.83. The summed E-state index contributed by atoms with van der Waals surface area (Å²) in [6.45, 7) is 4.89. The van der Waals surface area contributed by atoms with Gasteiger partial charge in [0, 0.05) is 6.54 Å². The minimum atomic E-state index is -0.161. The highest BCUT2D eigenvalue weighted by molar-refractivity contribution is 5.85. The fourth-order valence-electron chi connectivity index (χ4n) is 2.27. The van der Waals surface area contributed by atoms with Gasteiger partial charge in [0.25, 0.3) is 0 Å². The van der Waals surface area contributed by atoms with Crippen LogP contribution in [0, 0.1) is 0 Å². The highest BCUT2D eigenvalue weighted by Gasteiger charge is 2.37. The summed E-state index contributed by atoms with van der Waals surface area (Å²) in [4.78, 5) is 14.1. The SMILES string of the molecule is CCC1NC(c2ccccc2)C(=O)N1CC. The molecular formula is C13H18N2O. The molecule has 1 aliphatic heterocycles. The Labute approximate surface area is 96.5 Å². The molecule has 0 radical (unpaired) electrons. The molecule has 1 N–H and O–H groups in total. The second-order valence-corrected chi connectivity index (χ2v) is 4.06. The number of rotatable bonds is 3. The largest absolute Gasteiger partial charge is 0.326 e. The summed E-state index contributed by atoms with van der Waals surface area (Å²) < 4.78 is 0. The Bertz CT molecular complexity index is 363. The molecular weight excluding hydrogens is 200 g/mol. The Hall–Kier alpha value is -1.35. The number of amides is 1. The third-order valence-corrected chi connectivity index (χ3v) is 3.13. The van der Waals surface area contributed by atoms with E-state index in [9.17, 15) is 4.79 Å². The molecule has 3 nitrogen and oxygen atoms in total. The Balaban J connectivity index is 2.23. The summed E-state index contributed by atoms with van der Waals surface area (Å²) >= 11 is 0.